The molecule has 1 fully saturated rings. The van der Waals surface area contributed by atoms with Gasteiger partial charge in [0.05, 0.1) is 10.6 Å². The number of thioether (sulfide) groups is 1. The van der Waals surface area contributed by atoms with Crippen molar-refractivity contribution in [2.75, 3.05) is 23.8 Å². The zero-order valence-corrected chi connectivity index (χ0v) is 11.2. The number of halogens is 1. The van der Waals surface area contributed by atoms with Crippen molar-refractivity contribution in [1.82, 2.24) is 4.90 Å². The minimum absolute atomic E-state index is 0.0547. The Morgan fingerprint density at radius 3 is 3.00 bits per heavy atom. The summed E-state index contributed by atoms with van der Waals surface area (Å²) in [6.07, 6.45) is 0. The first-order valence-corrected chi connectivity index (χ1v) is 7.07. The molecule has 92 valence electrons. The predicted octanol–water partition coefficient (Wildman–Crippen LogP) is 2.50. The number of benzene rings is 1. The van der Waals surface area contributed by atoms with Crippen molar-refractivity contribution in [2.24, 2.45) is 0 Å². The first-order chi connectivity index (χ1) is 8.11. The lowest BCUT2D eigenvalue weighted by Crippen LogP contribution is -2.44. The fourth-order valence-corrected chi connectivity index (χ4v) is 3.22. The summed E-state index contributed by atoms with van der Waals surface area (Å²) in [6.45, 7) is 2.81. The second-order valence-electron chi connectivity index (χ2n) is 4.13. The molecule has 0 spiro atoms. The summed E-state index contributed by atoms with van der Waals surface area (Å²) in [4.78, 5) is 14.3. The minimum atomic E-state index is -0.0547. The molecule has 1 aliphatic heterocycles. The first kappa shape index (κ1) is 12.6. The largest absolute Gasteiger partial charge is 0.398 e. The highest BCUT2D eigenvalue weighted by atomic mass is 35.5. The topological polar surface area (TPSA) is 46.3 Å². The van der Waals surface area contributed by atoms with Crippen LogP contribution in [-0.4, -0.2) is 34.9 Å². The van der Waals surface area contributed by atoms with E-state index in [1.165, 1.54) is 0 Å². The molecular weight excluding hydrogens is 256 g/mol. The van der Waals surface area contributed by atoms with E-state index in [9.17, 15) is 4.79 Å². The highest BCUT2D eigenvalue weighted by Gasteiger charge is 2.27. The van der Waals surface area contributed by atoms with Gasteiger partial charge in [-0.15, -0.1) is 0 Å². The minimum Gasteiger partial charge on any atom is -0.398 e. The van der Waals surface area contributed by atoms with E-state index in [0.717, 1.165) is 18.1 Å². The van der Waals surface area contributed by atoms with E-state index in [4.69, 9.17) is 17.3 Å². The van der Waals surface area contributed by atoms with Crippen LogP contribution in [0.1, 0.15) is 17.3 Å². The van der Waals surface area contributed by atoms with Crippen LogP contribution >= 0.6 is 23.4 Å². The highest BCUT2D eigenvalue weighted by Crippen LogP contribution is 2.26. The zero-order valence-electron chi connectivity index (χ0n) is 9.65. The highest BCUT2D eigenvalue weighted by molar-refractivity contribution is 7.99. The van der Waals surface area contributed by atoms with E-state index in [1.54, 1.807) is 18.2 Å². The normalized spacial score (nSPS) is 20.4. The molecule has 1 amide bonds. The van der Waals surface area contributed by atoms with Gasteiger partial charge in [-0.2, -0.15) is 11.8 Å². The van der Waals surface area contributed by atoms with Crippen LogP contribution in [0.15, 0.2) is 18.2 Å². The SMILES string of the molecule is CC1CSCCN1C(=O)c1c(N)cccc1Cl. The monoisotopic (exact) mass is 270 g/mol. The second-order valence-corrected chi connectivity index (χ2v) is 5.68. The molecule has 0 aromatic heterocycles. The van der Waals surface area contributed by atoms with Crippen molar-refractivity contribution in [1.29, 1.82) is 0 Å². The van der Waals surface area contributed by atoms with Gasteiger partial charge in [0.15, 0.2) is 0 Å². The lowest BCUT2D eigenvalue weighted by atomic mass is 10.1. The summed E-state index contributed by atoms with van der Waals surface area (Å²) in [7, 11) is 0. The molecule has 17 heavy (non-hydrogen) atoms. The molecule has 1 unspecified atom stereocenters. The third-order valence-electron chi connectivity index (χ3n) is 2.89. The first-order valence-electron chi connectivity index (χ1n) is 5.54. The van der Waals surface area contributed by atoms with Crippen molar-refractivity contribution < 1.29 is 4.79 Å². The van der Waals surface area contributed by atoms with Crippen LogP contribution in [0.25, 0.3) is 0 Å². The number of carbonyl (C=O) groups is 1. The van der Waals surface area contributed by atoms with Crippen molar-refractivity contribution in [2.45, 2.75) is 13.0 Å². The summed E-state index contributed by atoms with van der Waals surface area (Å²) in [5, 5.41) is 0.431. The number of anilines is 1. The smallest absolute Gasteiger partial charge is 0.257 e. The number of nitrogens with two attached hydrogens (primary N) is 1. The average molecular weight is 271 g/mol. The van der Waals surface area contributed by atoms with Crippen LogP contribution in [0.3, 0.4) is 0 Å². The molecule has 3 nitrogen and oxygen atoms in total. The standard InChI is InChI=1S/C12H15ClN2OS/c1-8-7-17-6-5-15(8)12(16)11-9(13)3-2-4-10(11)14/h2-4,8H,5-7,14H2,1H3. The fraction of sp³-hybridized carbons (Fsp3) is 0.417. The van der Waals surface area contributed by atoms with E-state index in [2.05, 4.69) is 6.92 Å². The molecule has 1 heterocycles. The lowest BCUT2D eigenvalue weighted by molar-refractivity contribution is 0.0717. The van der Waals surface area contributed by atoms with Crippen LogP contribution in [-0.2, 0) is 0 Å². The van der Waals surface area contributed by atoms with Gasteiger partial charge >= 0.3 is 0 Å². The van der Waals surface area contributed by atoms with Gasteiger partial charge < -0.3 is 10.6 Å². The second kappa shape index (κ2) is 5.19. The van der Waals surface area contributed by atoms with Gasteiger partial charge in [-0.3, -0.25) is 4.79 Å². The third kappa shape index (κ3) is 2.53. The average Bonchev–Trinajstić information content (AvgIpc) is 2.29. The van der Waals surface area contributed by atoms with Crippen molar-refractivity contribution in [3.8, 4) is 0 Å². The Balaban J connectivity index is 2.30. The van der Waals surface area contributed by atoms with E-state index in [1.807, 2.05) is 16.7 Å². The van der Waals surface area contributed by atoms with Crippen molar-refractivity contribution in [3.05, 3.63) is 28.8 Å². The maximum atomic E-state index is 12.4. The Labute approximate surface area is 110 Å². The lowest BCUT2D eigenvalue weighted by Gasteiger charge is -2.33. The van der Waals surface area contributed by atoms with Crippen LogP contribution < -0.4 is 5.73 Å². The Morgan fingerprint density at radius 1 is 1.59 bits per heavy atom. The van der Waals surface area contributed by atoms with Crippen molar-refractivity contribution >= 4 is 35.0 Å². The van der Waals surface area contributed by atoms with E-state index < -0.39 is 0 Å². The molecule has 0 radical (unpaired) electrons. The van der Waals surface area contributed by atoms with Crippen molar-refractivity contribution in [3.63, 3.8) is 0 Å². The van der Waals surface area contributed by atoms with E-state index in [0.29, 0.717) is 16.3 Å². The van der Waals surface area contributed by atoms with Gasteiger partial charge in [0.2, 0.25) is 0 Å². The van der Waals surface area contributed by atoms with Gasteiger partial charge in [-0.25, -0.2) is 0 Å². The number of nitrogen functional groups attached to an aromatic ring is 1. The molecule has 2 rings (SSSR count). The van der Waals surface area contributed by atoms with Crippen LogP contribution in [0.2, 0.25) is 5.02 Å². The van der Waals surface area contributed by atoms with Crippen LogP contribution in [0, 0.1) is 0 Å². The van der Waals surface area contributed by atoms with Crippen LogP contribution in [0.5, 0.6) is 0 Å². The molecule has 1 aliphatic rings. The number of rotatable bonds is 1. The van der Waals surface area contributed by atoms with Gasteiger partial charge in [0, 0.05) is 29.8 Å². The maximum Gasteiger partial charge on any atom is 0.257 e. The van der Waals surface area contributed by atoms with Gasteiger partial charge in [-0.05, 0) is 19.1 Å². The summed E-state index contributed by atoms with van der Waals surface area (Å²) in [5.41, 5.74) is 6.73. The molecule has 1 saturated heterocycles. The third-order valence-corrected chi connectivity index (χ3v) is 4.39. The maximum absolute atomic E-state index is 12.4. The fourth-order valence-electron chi connectivity index (χ4n) is 1.94. The summed E-state index contributed by atoms with van der Waals surface area (Å²) in [5.74, 6) is 1.89. The number of amides is 1. The number of nitrogens with zero attached hydrogens (tertiary/aromatic N) is 1. The summed E-state index contributed by atoms with van der Waals surface area (Å²) >= 11 is 7.93. The molecule has 0 bridgehead atoms. The van der Waals surface area contributed by atoms with Gasteiger partial charge in [-0.1, -0.05) is 17.7 Å². The molecule has 0 aliphatic carbocycles. The quantitative estimate of drug-likeness (QED) is 0.798. The predicted molar refractivity (Wildman–Crippen MR) is 73.7 cm³/mol. The van der Waals surface area contributed by atoms with Crippen LogP contribution in [0.4, 0.5) is 5.69 Å². The zero-order chi connectivity index (χ0) is 12.4. The molecule has 1 aromatic rings. The number of hydrogen-bond donors (Lipinski definition) is 1. The summed E-state index contributed by atoms with van der Waals surface area (Å²) < 4.78 is 0. The Kier molecular flexibility index (Phi) is 3.84. The molecule has 5 heteroatoms. The van der Waals surface area contributed by atoms with E-state index in [-0.39, 0.29) is 11.9 Å². The molecule has 1 aromatic carbocycles. The number of hydrogen-bond acceptors (Lipinski definition) is 3. The number of carbonyl (C=O) groups excluding carboxylic acids is 1. The molecule has 1 atom stereocenters. The summed E-state index contributed by atoms with van der Waals surface area (Å²) in [6, 6.07) is 5.40. The van der Waals surface area contributed by atoms with Gasteiger partial charge in [0.25, 0.3) is 5.91 Å². The van der Waals surface area contributed by atoms with E-state index >= 15 is 0 Å². The molecule has 0 saturated carbocycles. The Hall–Kier alpha value is -0.870. The molecule has 2 N–H and O–H groups in total. The Bertz CT molecular complexity index is 418. The Morgan fingerprint density at radius 2 is 2.35 bits per heavy atom. The van der Waals surface area contributed by atoms with Gasteiger partial charge in [0.1, 0.15) is 0 Å². The molecular formula is C12H15ClN2OS.